The van der Waals surface area contributed by atoms with Gasteiger partial charge in [-0.1, -0.05) is 12.2 Å². The van der Waals surface area contributed by atoms with Crippen molar-refractivity contribution in [1.29, 1.82) is 0 Å². The maximum atomic E-state index is 4.31. The molecule has 0 aromatic heterocycles. The van der Waals surface area contributed by atoms with Gasteiger partial charge in [-0.05, 0) is 25.0 Å². The first-order valence-electron chi connectivity index (χ1n) is 4.52. The predicted octanol–water partition coefficient (Wildman–Crippen LogP) is 2.06. The Morgan fingerprint density at radius 3 is 3.46 bits per heavy atom. The molecule has 2 aliphatic heterocycles. The van der Waals surface area contributed by atoms with Crippen LogP contribution in [-0.4, -0.2) is 11.9 Å². The second-order valence-corrected chi connectivity index (χ2v) is 3.51. The van der Waals surface area contributed by atoms with E-state index in [1.807, 2.05) is 12.3 Å². The molecule has 1 radical (unpaired) electrons. The van der Waals surface area contributed by atoms with Crippen LogP contribution < -0.4 is 0 Å². The highest BCUT2D eigenvalue weighted by atomic mass is 14.9. The highest BCUT2D eigenvalue weighted by molar-refractivity contribution is 6.06. The van der Waals surface area contributed by atoms with Gasteiger partial charge in [0.2, 0.25) is 0 Å². The predicted molar refractivity (Wildman–Crippen MR) is 52.6 cm³/mol. The third kappa shape index (κ3) is 0.777. The smallest absolute Gasteiger partial charge is 0.114 e. The molecule has 2 heterocycles. The molecule has 0 N–H and O–H groups in total. The highest BCUT2D eigenvalue weighted by Crippen LogP contribution is 2.44. The molecule has 3 rings (SSSR count). The van der Waals surface area contributed by atoms with Gasteiger partial charge in [-0.2, -0.15) is 0 Å². The summed E-state index contributed by atoms with van der Waals surface area (Å²) < 4.78 is 0. The first-order chi connectivity index (χ1) is 6.42. The van der Waals surface area contributed by atoms with E-state index in [4.69, 9.17) is 0 Å². The van der Waals surface area contributed by atoms with Gasteiger partial charge in [-0.3, -0.25) is 4.99 Å². The molecule has 1 aliphatic carbocycles. The molecule has 63 valence electrons. The summed E-state index contributed by atoms with van der Waals surface area (Å²) in [5.41, 5.74) is 2.06. The Morgan fingerprint density at radius 2 is 2.46 bits per heavy atom. The zero-order chi connectivity index (χ0) is 8.73. The van der Waals surface area contributed by atoms with Crippen molar-refractivity contribution >= 4 is 11.9 Å². The van der Waals surface area contributed by atoms with Crippen molar-refractivity contribution in [1.82, 2.24) is 0 Å². The fraction of sp³-hybridized carbons (Fsp3) is 0.273. The van der Waals surface area contributed by atoms with Crippen LogP contribution >= 0.6 is 0 Å². The molecular weight excluding hydrogens is 160 g/mol. The fourth-order valence-corrected chi connectivity index (χ4v) is 2.09. The molecule has 13 heavy (non-hydrogen) atoms. The summed E-state index contributed by atoms with van der Waals surface area (Å²) in [5.74, 6) is 0. The van der Waals surface area contributed by atoms with Gasteiger partial charge in [0.15, 0.2) is 0 Å². The van der Waals surface area contributed by atoms with Crippen LogP contribution in [0.5, 0.6) is 0 Å². The van der Waals surface area contributed by atoms with Crippen molar-refractivity contribution in [3.05, 3.63) is 36.2 Å². The minimum absolute atomic E-state index is 0.0243. The van der Waals surface area contributed by atoms with Crippen molar-refractivity contribution < 1.29 is 0 Å². The van der Waals surface area contributed by atoms with Gasteiger partial charge in [-0.25, -0.2) is 4.99 Å². The number of dihydropyridines is 1. The Hall–Kier alpha value is -1.44. The van der Waals surface area contributed by atoms with Gasteiger partial charge in [0.05, 0.1) is 16.8 Å². The standard InChI is InChI=1S/C11H9N2/c1-2-5-11-6-3-7-12-10(11)8-13-9(11)4-1/h1,3-4,6-7H,2,5H2. The lowest BCUT2D eigenvalue weighted by atomic mass is 9.73. The maximum Gasteiger partial charge on any atom is 0.114 e. The molecule has 0 aromatic carbocycles. The summed E-state index contributed by atoms with van der Waals surface area (Å²) in [6.45, 7) is 0. The number of rotatable bonds is 0. The van der Waals surface area contributed by atoms with Crippen LogP contribution in [0.2, 0.25) is 0 Å². The summed E-state index contributed by atoms with van der Waals surface area (Å²) in [6, 6.07) is 0. The number of aliphatic imine (C=N–C) groups is 2. The molecule has 2 nitrogen and oxygen atoms in total. The van der Waals surface area contributed by atoms with Crippen LogP contribution in [0.15, 0.2) is 40.0 Å². The second kappa shape index (κ2) is 2.28. The SMILES string of the molecule is [C]1=C2N=CC=CC23CCC=CC3=N1. The Balaban J connectivity index is 2.18. The third-order valence-corrected chi connectivity index (χ3v) is 2.81. The van der Waals surface area contributed by atoms with Crippen LogP contribution in [0, 0.1) is 11.6 Å². The van der Waals surface area contributed by atoms with Gasteiger partial charge in [0.25, 0.3) is 0 Å². The summed E-state index contributed by atoms with van der Waals surface area (Å²) in [7, 11) is 0. The van der Waals surface area contributed by atoms with E-state index in [2.05, 4.69) is 34.4 Å². The number of hydrogen-bond acceptors (Lipinski definition) is 2. The lowest BCUT2D eigenvalue weighted by Gasteiger charge is -2.31. The average Bonchev–Trinajstić information content (AvgIpc) is 2.56. The zero-order valence-electron chi connectivity index (χ0n) is 7.20. The fourth-order valence-electron chi connectivity index (χ4n) is 2.09. The van der Waals surface area contributed by atoms with E-state index in [1.165, 1.54) is 0 Å². The zero-order valence-corrected chi connectivity index (χ0v) is 7.20. The Labute approximate surface area is 77.1 Å². The van der Waals surface area contributed by atoms with E-state index in [0.29, 0.717) is 0 Å². The normalized spacial score (nSPS) is 33.8. The Bertz CT molecular complexity index is 396. The molecule has 1 spiro atoms. The third-order valence-electron chi connectivity index (χ3n) is 2.81. The maximum absolute atomic E-state index is 4.31. The summed E-state index contributed by atoms with van der Waals surface area (Å²) in [5, 5.41) is 0. The number of nitrogens with zero attached hydrogens (tertiary/aromatic N) is 2. The Morgan fingerprint density at radius 1 is 1.46 bits per heavy atom. The monoisotopic (exact) mass is 169 g/mol. The molecule has 0 aromatic rings. The first-order valence-corrected chi connectivity index (χ1v) is 4.52. The highest BCUT2D eigenvalue weighted by Gasteiger charge is 2.41. The van der Waals surface area contributed by atoms with Crippen LogP contribution in [0.4, 0.5) is 0 Å². The molecule has 0 fully saturated rings. The van der Waals surface area contributed by atoms with Crippen LogP contribution in [0.3, 0.4) is 0 Å². The quantitative estimate of drug-likeness (QED) is 0.530. The molecule has 0 bridgehead atoms. The van der Waals surface area contributed by atoms with E-state index in [0.717, 1.165) is 24.3 Å². The molecule has 2 heteroatoms. The summed E-state index contributed by atoms with van der Waals surface area (Å²) in [6.07, 6.45) is 15.4. The van der Waals surface area contributed by atoms with Crippen molar-refractivity contribution in [3.8, 4) is 0 Å². The van der Waals surface area contributed by atoms with Gasteiger partial charge >= 0.3 is 0 Å². The van der Waals surface area contributed by atoms with Crippen LogP contribution in [0.1, 0.15) is 12.8 Å². The van der Waals surface area contributed by atoms with Crippen molar-refractivity contribution in [2.75, 3.05) is 0 Å². The van der Waals surface area contributed by atoms with Crippen molar-refractivity contribution in [3.63, 3.8) is 0 Å². The molecule has 0 amide bonds. The molecule has 1 atom stereocenters. The van der Waals surface area contributed by atoms with Crippen molar-refractivity contribution in [2.24, 2.45) is 15.4 Å². The second-order valence-electron chi connectivity index (χ2n) is 3.51. The average molecular weight is 169 g/mol. The van der Waals surface area contributed by atoms with Gasteiger partial charge in [0.1, 0.15) is 6.20 Å². The van der Waals surface area contributed by atoms with Crippen LogP contribution in [0.25, 0.3) is 0 Å². The van der Waals surface area contributed by atoms with Gasteiger partial charge in [-0.15, -0.1) is 0 Å². The lowest BCUT2D eigenvalue weighted by Crippen LogP contribution is -2.30. The van der Waals surface area contributed by atoms with E-state index in [-0.39, 0.29) is 5.41 Å². The first kappa shape index (κ1) is 7.01. The molecular formula is C11H9N2. The van der Waals surface area contributed by atoms with E-state index >= 15 is 0 Å². The minimum atomic E-state index is -0.0243. The van der Waals surface area contributed by atoms with Gasteiger partial charge < -0.3 is 0 Å². The largest absolute Gasteiger partial charge is 0.258 e. The molecule has 0 saturated carbocycles. The van der Waals surface area contributed by atoms with Crippen molar-refractivity contribution in [2.45, 2.75) is 12.8 Å². The number of allylic oxidation sites excluding steroid dienone is 4. The topological polar surface area (TPSA) is 24.7 Å². The van der Waals surface area contributed by atoms with E-state index in [9.17, 15) is 0 Å². The van der Waals surface area contributed by atoms with E-state index < -0.39 is 0 Å². The Kier molecular flexibility index (Phi) is 1.23. The van der Waals surface area contributed by atoms with Gasteiger partial charge in [0, 0.05) is 6.21 Å². The molecule has 0 saturated heterocycles. The van der Waals surface area contributed by atoms with E-state index in [1.54, 1.807) is 0 Å². The minimum Gasteiger partial charge on any atom is -0.258 e. The molecule has 3 aliphatic rings. The lowest BCUT2D eigenvalue weighted by molar-refractivity contribution is 0.568. The molecule has 1 unspecified atom stereocenters. The summed E-state index contributed by atoms with van der Waals surface area (Å²) in [4.78, 5) is 8.58. The number of hydrogen-bond donors (Lipinski definition) is 0. The van der Waals surface area contributed by atoms with Crippen LogP contribution in [-0.2, 0) is 0 Å². The summed E-state index contributed by atoms with van der Waals surface area (Å²) >= 11 is 0.